The molecular formula is C28H44Cl2N2O6. The monoisotopic (exact) mass is 574 g/mol. The van der Waals surface area contributed by atoms with Crippen LogP contribution in [-0.4, -0.2) is 68.2 Å². The van der Waals surface area contributed by atoms with Crippen molar-refractivity contribution in [3.05, 3.63) is 0 Å². The van der Waals surface area contributed by atoms with Gasteiger partial charge in [0.2, 0.25) is 11.8 Å². The van der Waals surface area contributed by atoms with Gasteiger partial charge in [-0.25, -0.2) is 4.79 Å². The molecule has 8 nitrogen and oxygen atoms in total. The second-order valence-corrected chi connectivity index (χ2v) is 13.7. The third-order valence-electron chi connectivity index (χ3n) is 10.2. The van der Waals surface area contributed by atoms with Crippen molar-refractivity contribution in [3.63, 3.8) is 0 Å². The number of nitrogens with one attached hydrogen (secondary N) is 1. The lowest BCUT2D eigenvalue weighted by Gasteiger charge is -2.41. The number of aliphatic carboxylic acids is 2. The molecule has 0 aromatic heterocycles. The van der Waals surface area contributed by atoms with Crippen LogP contribution in [0.4, 0.5) is 0 Å². The number of halogens is 2. The van der Waals surface area contributed by atoms with Crippen molar-refractivity contribution in [2.45, 2.75) is 115 Å². The fourth-order valence-electron chi connectivity index (χ4n) is 7.01. The molecule has 216 valence electrons. The third-order valence-corrected chi connectivity index (χ3v) is 11.2. The molecule has 0 saturated heterocycles. The van der Waals surface area contributed by atoms with E-state index in [9.17, 15) is 29.4 Å². The van der Waals surface area contributed by atoms with Gasteiger partial charge in [-0.3, -0.25) is 14.4 Å². The third kappa shape index (κ3) is 6.43. The van der Waals surface area contributed by atoms with Gasteiger partial charge in [0.1, 0.15) is 6.04 Å². The van der Waals surface area contributed by atoms with Crippen molar-refractivity contribution < 1.29 is 29.4 Å². The Bertz CT molecular complexity index is 896. The number of amides is 2. The van der Waals surface area contributed by atoms with Gasteiger partial charge in [-0.2, -0.15) is 0 Å². The first-order valence-corrected chi connectivity index (χ1v) is 14.9. The van der Waals surface area contributed by atoms with E-state index in [1.165, 1.54) is 0 Å². The van der Waals surface area contributed by atoms with Crippen molar-refractivity contribution in [1.82, 2.24) is 10.2 Å². The van der Waals surface area contributed by atoms with Crippen LogP contribution in [0.3, 0.4) is 0 Å². The number of carbonyl (C=O) groups excluding carboxylic acids is 2. The molecule has 0 aliphatic heterocycles. The SMILES string of the molecule is CC(=O)N(CC1C(Cl)CCCC1Cl)C1CCC(C[C@H](NC(=O)[C@H]2CC[C@@](C)(C(=O)O)C2(C)C)C(=O)O)CC1. The molecule has 0 bridgehead atoms. The van der Waals surface area contributed by atoms with Gasteiger partial charge in [-0.15, -0.1) is 23.2 Å². The van der Waals surface area contributed by atoms with Crippen molar-refractivity contribution in [2.75, 3.05) is 6.54 Å². The molecular weight excluding hydrogens is 531 g/mol. The lowest BCUT2D eigenvalue weighted by molar-refractivity contribution is -0.156. The zero-order valence-electron chi connectivity index (χ0n) is 23.1. The highest BCUT2D eigenvalue weighted by Crippen LogP contribution is 2.56. The number of carbonyl (C=O) groups is 4. The van der Waals surface area contributed by atoms with Crippen molar-refractivity contribution in [3.8, 4) is 0 Å². The van der Waals surface area contributed by atoms with E-state index in [-0.39, 0.29) is 40.4 Å². The van der Waals surface area contributed by atoms with Crippen LogP contribution in [-0.2, 0) is 19.2 Å². The standard InChI is InChI=1S/C28H44Cl2N2O6/c1-16(33)32(15-19-21(29)6-5-7-22(19)30)18-10-8-17(9-11-18)14-23(25(35)36)31-24(34)20-12-13-28(4,26(37)38)27(20,2)3/h17-23H,5-15H2,1-4H3,(H,31,34)(H,35,36)(H,37,38)/t17?,18?,19?,20-,21?,22?,23+,28+/m1/s1. The summed E-state index contributed by atoms with van der Waals surface area (Å²) in [5, 5.41) is 22.3. The van der Waals surface area contributed by atoms with E-state index in [2.05, 4.69) is 5.32 Å². The first-order valence-electron chi connectivity index (χ1n) is 14.0. The summed E-state index contributed by atoms with van der Waals surface area (Å²) in [6.07, 6.45) is 6.97. The molecule has 2 amide bonds. The van der Waals surface area contributed by atoms with Crippen LogP contribution >= 0.6 is 23.2 Å². The molecule has 0 aromatic carbocycles. The summed E-state index contributed by atoms with van der Waals surface area (Å²) in [5.41, 5.74) is -1.85. The van der Waals surface area contributed by atoms with Gasteiger partial charge in [-0.05, 0) is 76.0 Å². The van der Waals surface area contributed by atoms with Gasteiger partial charge in [0.05, 0.1) is 5.41 Å². The summed E-state index contributed by atoms with van der Waals surface area (Å²) < 4.78 is 0. The van der Waals surface area contributed by atoms with Crippen molar-refractivity contribution >= 4 is 47.0 Å². The molecule has 10 heteroatoms. The van der Waals surface area contributed by atoms with Gasteiger partial charge in [-0.1, -0.05) is 20.3 Å². The Hall–Kier alpha value is -1.54. The number of carboxylic acid groups (broad SMARTS) is 2. The van der Waals surface area contributed by atoms with E-state index >= 15 is 0 Å². The Labute approximate surface area is 236 Å². The highest BCUT2D eigenvalue weighted by Gasteiger charge is 2.58. The largest absolute Gasteiger partial charge is 0.481 e. The number of rotatable bonds is 9. The summed E-state index contributed by atoms with van der Waals surface area (Å²) in [6.45, 7) is 7.35. The molecule has 0 aromatic rings. The van der Waals surface area contributed by atoms with Crippen LogP contribution in [0.25, 0.3) is 0 Å². The van der Waals surface area contributed by atoms with Gasteiger partial charge < -0.3 is 20.4 Å². The Morgan fingerprint density at radius 2 is 1.53 bits per heavy atom. The Balaban J connectivity index is 1.58. The minimum Gasteiger partial charge on any atom is -0.481 e. The molecule has 3 fully saturated rings. The van der Waals surface area contributed by atoms with E-state index in [1.807, 2.05) is 4.90 Å². The maximum absolute atomic E-state index is 13.2. The highest BCUT2D eigenvalue weighted by molar-refractivity contribution is 6.24. The first kappa shape index (κ1) is 31.0. The van der Waals surface area contributed by atoms with Crippen LogP contribution in [0.15, 0.2) is 0 Å². The van der Waals surface area contributed by atoms with Crippen LogP contribution < -0.4 is 5.32 Å². The van der Waals surface area contributed by atoms with E-state index in [4.69, 9.17) is 23.2 Å². The Kier molecular flexibility index (Phi) is 10.0. The van der Waals surface area contributed by atoms with E-state index in [1.54, 1.807) is 27.7 Å². The molecule has 38 heavy (non-hydrogen) atoms. The molecule has 0 spiro atoms. The van der Waals surface area contributed by atoms with Crippen LogP contribution in [0.5, 0.6) is 0 Å². The van der Waals surface area contributed by atoms with Gasteiger partial charge in [0, 0.05) is 42.1 Å². The summed E-state index contributed by atoms with van der Waals surface area (Å²) in [4.78, 5) is 51.6. The molecule has 3 saturated carbocycles. The number of hydrogen-bond donors (Lipinski definition) is 3. The molecule has 0 heterocycles. The van der Waals surface area contributed by atoms with E-state index in [0.29, 0.717) is 25.8 Å². The maximum atomic E-state index is 13.2. The lowest BCUT2D eigenvalue weighted by Crippen LogP contribution is -2.50. The predicted octanol–water partition coefficient (Wildman–Crippen LogP) is 4.90. The number of hydrogen-bond acceptors (Lipinski definition) is 4. The molecule has 3 N–H and O–H groups in total. The maximum Gasteiger partial charge on any atom is 0.326 e. The molecule has 3 aliphatic carbocycles. The minimum absolute atomic E-state index is 0.00923. The zero-order chi connectivity index (χ0) is 28.4. The normalized spacial score (nSPS) is 35.7. The molecule has 0 radical (unpaired) electrons. The molecule has 2 unspecified atom stereocenters. The van der Waals surface area contributed by atoms with Crippen molar-refractivity contribution in [1.29, 1.82) is 0 Å². The Morgan fingerprint density at radius 3 is 2.00 bits per heavy atom. The molecule has 5 atom stereocenters. The second kappa shape index (κ2) is 12.3. The fourth-order valence-corrected chi connectivity index (χ4v) is 7.91. The van der Waals surface area contributed by atoms with Gasteiger partial charge in [0.15, 0.2) is 0 Å². The van der Waals surface area contributed by atoms with E-state index in [0.717, 1.165) is 44.9 Å². The second-order valence-electron chi connectivity index (χ2n) is 12.6. The van der Waals surface area contributed by atoms with Crippen LogP contribution in [0.1, 0.15) is 91.9 Å². The smallest absolute Gasteiger partial charge is 0.326 e. The summed E-state index contributed by atoms with van der Waals surface area (Å²) in [7, 11) is 0. The predicted molar refractivity (Wildman–Crippen MR) is 146 cm³/mol. The van der Waals surface area contributed by atoms with Gasteiger partial charge >= 0.3 is 11.9 Å². The summed E-state index contributed by atoms with van der Waals surface area (Å²) >= 11 is 13.1. The lowest BCUT2D eigenvalue weighted by atomic mass is 9.65. The van der Waals surface area contributed by atoms with Crippen LogP contribution in [0.2, 0.25) is 0 Å². The minimum atomic E-state index is -1.08. The number of carboxylic acids is 2. The summed E-state index contributed by atoms with van der Waals surface area (Å²) in [6, 6.07) is -0.957. The summed E-state index contributed by atoms with van der Waals surface area (Å²) in [5.74, 6) is -2.79. The Morgan fingerprint density at radius 1 is 0.947 bits per heavy atom. The van der Waals surface area contributed by atoms with Crippen molar-refractivity contribution in [2.24, 2.45) is 28.6 Å². The zero-order valence-corrected chi connectivity index (χ0v) is 24.6. The molecule has 3 aliphatic rings. The van der Waals surface area contributed by atoms with E-state index < -0.39 is 34.7 Å². The number of nitrogens with zero attached hydrogens (tertiary/aromatic N) is 1. The first-order chi connectivity index (χ1) is 17.7. The van der Waals surface area contributed by atoms with Gasteiger partial charge in [0.25, 0.3) is 0 Å². The topological polar surface area (TPSA) is 124 Å². The average Bonchev–Trinajstić information content (AvgIpc) is 3.08. The fraction of sp³-hybridized carbons (Fsp3) is 0.857. The highest BCUT2D eigenvalue weighted by atomic mass is 35.5. The molecule has 3 rings (SSSR count). The quantitative estimate of drug-likeness (QED) is 0.336. The average molecular weight is 576 g/mol. The number of alkyl halides is 2. The van der Waals surface area contributed by atoms with Crippen LogP contribution in [0, 0.1) is 28.6 Å².